The van der Waals surface area contributed by atoms with Crippen LogP contribution in [-0.4, -0.2) is 56.8 Å². The number of phenols is 1. The summed E-state index contributed by atoms with van der Waals surface area (Å²) in [5.74, 6) is -2.71. The van der Waals surface area contributed by atoms with Crippen LogP contribution in [0, 0.1) is 0 Å². The van der Waals surface area contributed by atoms with Crippen LogP contribution >= 0.6 is 0 Å². The van der Waals surface area contributed by atoms with Crippen molar-refractivity contribution >= 4 is 17.5 Å². The Morgan fingerprint density at radius 3 is 2.41 bits per heavy atom. The number of hydrogen-bond donors (Lipinski definition) is 4. The van der Waals surface area contributed by atoms with Crippen LogP contribution in [0.15, 0.2) is 54.3 Å². The summed E-state index contributed by atoms with van der Waals surface area (Å²) >= 11 is 0. The molecule has 1 heterocycles. The Labute approximate surface area is 185 Å². The van der Waals surface area contributed by atoms with Gasteiger partial charge in [-0.1, -0.05) is 42.5 Å². The predicted molar refractivity (Wildman–Crippen MR) is 115 cm³/mol. The zero-order valence-electron chi connectivity index (χ0n) is 18.0. The van der Waals surface area contributed by atoms with Crippen molar-refractivity contribution in [1.82, 2.24) is 0 Å². The van der Waals surface area contributed by atoms with E-state index in [9.17, 15) is 30.0 Å². The third-order valence-corrected chi connectivity index (χ3v) is 5.50. The summed E-state index contributed by atoms with van der Waals surface area (Å²) in [6.45, 7) is 2.89. The molecule has 1 aliphatic heterocycles. The number of carbonyl (C=O) groups excluding carboxylic acids is 2. The number of esters is 2. The Bertz CT molecular complexity index is 1050. The molecule has 3 rings (SSSR count). The number of cyclic esters (lactones) is 1. The fourth-order valence-corrected chi connectivity index (χ4v) is 3.69. The van der Waals surface area contributed by atoms with Crippen LogP contribution in [-0.2, 0) is 31.9 Å². The second kappa shape index (κ2) is 8.64. The van der Waals surface area contributed by atoms with Gasteiger partial charge in [0, 0.05) is 12.8 Å². The van der Waals surface area contributed by atoms with E-state index in [0.29, 0.717) is 16.7 Å². The number of aliphatic hydroxyl groups excluding tert-OH is 2. The SMILES string of the molecule is COC(=O)[C@]1(Cc2ccc(O)c(C[C@H](O)C(C)(C)O)c2)OC(=O)C(O)=C1c1ccccc1. The van der Waals surface area contributed by atoms with E-state index in [2.05, 4.69) is 0 Å². The summed E-state index contributed by atoms with van der Waals surface area (Å²) in [6.07, 6.45) is -1.40. The molecule has 0 amide bonds. The van der Waals surface area contributed by atoms with Gasteiger partial charge in [-0.2, -0.15) is 0 Å². The molecule has 0 saturated carbocycles. The monoisotopic (exact) mass is 442 g/mol. The second-order valence-electron chi connectivity index (χ2n) is 8.31. The van der Waals surface area contributed by atoms with Gasteiger partial charge in [0.15, 0.2) is 0 Å². The van der Waals surface area contributed by atoms with E-state index in [0.717, 1.165) is 7.11 Å². The van der Waals surface area contributed by atoms with Crippen LogP contribution in [0.25, 0.3) is 5.57 Å². The number of aromatic hydroxyl groups is 1. The molecule has 0 aliphatic carbocycles. The summed E-state index contributed by atoms with van der Waals surface area (Å²) in [5.41, 5.74) is -2.14. The van der Waals surface area contributed by atoms with Crippen molar-refractivity contribution in [2.45, 2.75) is 44.0 Å². The number of carbonyl (C=O) groups is 2. The van der Waals surface area contributed by atoms with Crippen molar-refractivity contribution in [3.05, 3.63) is 71.0 Å². The van der Waals surface area contributed by atoms with Gasteiger partial charge < -0.3 is 29.9 Å². The number of methoxy groups -OCH3 is 1. The lowest BCUT2D eigenvalue weighted by Gasteiger charge is -2.28. The van der Waals surface area contributed by atoms with E-state index in [-0.39, 0.29) is 24.2 Å². The Morgan fingerprint density at radius 2 is 1.81 bits per heavy atom. The van der Waals surface area contributed by atoms with Gasteiger partial charge in [-0.05, 0) is 36.6 Å². The minimum atomic E-state index is -1.94. The molecule has 8 nitrogen and oxygen atoms in total. The van der Waals surface area contributed by atoms with Crippen LogP contribution in [0.2, 0.25) is 0 Å². The molecule has 0 aromatic heterocycles. The number of aliphatic hydroxyl groups is 3. The Morgan fingerprint density at radius 1 is 1.16 bits per heavy atom. The topological polar surface area (TPSA) is 134 Å². The summed E-state index contributed by atoms with van der Waals surface area (Å²) in [5, 5.41) is 40.9. The zero-order valence-corrected chi connectivity index (χ0v) is 18.0. The first kappa shape index (κ1) is 23.3. The molecule has 2 aromatic carbocycles. The van der Waals surface area contributed by atoms with Crippen LogP contribution in [0.1, 0.15) is 30.5 Å². The van der Waals surface area contributed by atoms with Crippen molar-refractivity contribution in [2.24, 2.45) is 0 Å². The largest absolute Gasteiger partial charge is 0.508 e. The van der Waals surface area contributed by atoms with Gasteiger partial charge in [0.25, 0.3) is 0 Å². The highest BCUT2D eigenvalue weighted by Crippen LogP contribution is 2.42. The Balaban J connectivity index is 2.07. The van der Waals surface area contributed by atoms with E-state index in [4.69, 9.17) is 9.47 Å². The quantitative estimate of drug-likeness (QED) is 0.479. The first-order valence-electron chi connectivity index (χ1n) is 10.0. The highest BCUT2D eigenvalue weighted by atomic mass is 16.6. The number of ether oxygens (including phenoxy) is 2. The molecule has 0 saturated heterocycles. The first-order valence-corrected chi connectivity index (χ1v) is 10.0. The third-order valence-electron chi connectivity index (χ3n) is 5.50. The van der Waals surface area contributed by atoms with Gasteiger partial charge in [0.05, 0.1) is 24.4 Å². The molecule has 0 unspecified atom stereocenters. The molecule has 1 aliphatic rings. The molecule has 2 atom stereocenters. The molecule has 170 valence electrons. The summed E-state index contributed by atoms with van der Waals surface area (Å²) < 4.78 is 10.3. The van der Waals surface area contributed by atoms with E-state index in [1.165, 1.54) is 26.0 Å². The van der Waals surface area contributed by atoms with Gasteiger partial charge in [-0.25, -0.2) is 9.59 Å². The normalized spacial score (nSPS) is 19.6. The van der Waals surface area contributed by atoms with Gasteiger partial charge in [-0.15, -0.1) is 0 Å². The average Bonchev–Trinajstić information content (AvgIpc) is 3.00. The van der Waals surface area contributed by atoms with E-state index in [1.54, 1.807) is 36.4 Å². The maximum absolute atomic E-state index is 12.9. The van der Waals surface area contributed by atoms with Gasteiger partial charge in [0.1, 0.15) is 5.75 Å². The van der Waals surface area contributed by atoms with E-state index >= 15 is 0 Å². The average molecular weight is 442 g/mol. The lowest BCUT2D eigenvalue weighted by molar-refractivity contribution is -0.169. The first-order chi connectivity index (χ1) is 15.0. The highest BCUT2D eigenvalue weighted by Gasteiger charge is 2.55. The molecule has 0 spiro atoms. The van der Waals surface area contributed by atoms with Gasteiger partial charge in [-0.3, -0.25) is 0 Å². The molecule has 8 heteroatoms. The lowest BCUT2D eigenvalue weighted by Crippen LogP contribution is -2.44. The molecular formula is C24H26O8. The van der Waals surface area contributed by atoms with Crippen molar-refractivity contribution in [3.8, 4) is 5.75 Å². The van der Waals surface area contributed by atoms with Gasteiger partial charge >= 0.3 is 11.9 Å². The van der Waals surface area contributed by atoms with Crippen molar-refractivity contribution in [1.29, 1.82) is 0 Å². The molecule has 0 fully saturated rings. The maximum atomic E-state index is 12.9. The maximum Gasteiger partial charge on any atom is 0.375 e. The third kappa shape index (κ3) is 4.32. The molecule has 0 bridgehead atoms. The number of hydrogen-bond acceptors (Lipinski definition) is 8. The Kier molecular flexibility index (Phi) is 6.29. The summed E-state index contributed by atoms with van der Waals surface area (Å²) in [4.78, 5) is 25.2. The van der Waals surface area contributed by atoms with Crippen LogP contribution < -0.4 is 0 Å². The van der Waals surface area contributed by atoms with Crippen LogP contribution in [0.3, 0.4) is 0 Å². The fourth-order valence-electron chi connectivity index (χ4n) is 3.69. The summed E-state index contributed by atoms with van der Waals surface area (Å²) in [6, 6.07) is 12.9. The van der Waals surface area contributed by atoms with Gasteiger partial charge in [0.2, 0.25) is 11.4 Å². The predicted octanol–water partition coefficient (Wildman–Crippen LogP) is 2.05. The lowest BCUT2D eigenvalue weighted by atomic mass is 9.82. The minimum absolute atomic E-state index is 0.0129. The zero-order chi connectivity index (χ0) is 23.7. The molecule has 32 heavy (non-hydrogen) atoms. The smallest absolute Gasteiger partial charge is 0.375 e. The fraction of sp³-hybridized carbons (Fsp3) is 0.333. The van der Waals surface area contributed by atoms with Crippen molar-refractivity contribution in [2.75, 3.05) is 7.11 Å². The number of rotatable bonds is 7. The number of phenolic OH excluding ortho intramolecular Hbond substituents is 1. The Hall–Kier alpha value is -3.36. The highest BCUT2D eigenvalue weighted by molar-refractivity contribution is 6.11. The molecule has 2 aromatic rings. The van der Waals surface area contributed by atoms with Crippen molar-refractivity contribution < 1.29 is 39.5 Å². The number of benzene rings is 2. The van der Waals surface area contributed by atoms with Crippen LogP contribution in [0.5, 0.6) is 5.75 Å². The van der Waals surface area contributed by atoms with Crippen LogP contribution in [0.4, 0.5) is 0 Å². The molecule has 0 radical (unpaired) electrons. The van der Waals surface area contributed by atoms with E-state index in [1.807, 2.05) is 0 Å². The molecule has 4 N–H and O–H groups in total. The second-order valence-corrected chi connectivity index (χ2v) is 8.31. The van der Waals surface area contributed by atoms with E-state index < -0.39 is 35.0 Å². The van der Waals surface area contributed by atoms with Crippen molar-refractivity contribution in [3.63, 3.8) is 0 Å². The molecular weight excluding hydrogens is 416 g/mol. The standard InChI is InChI=1S/C24H26O8/c1-23(2,30)18(26)12-16-11-14(9-10-17(16)25)13-24(22(29)31-3)19(20(27)21(28)32-24)15-7-5-4-6-8-15/h4-11,18,25-27,30H,12-13H2,1-3H3/t18-,24+/m0/s1. The minimum Gasteiger partial charge on any atom is -0.508 e. The summed E-state index contributed by atoms with van der Waals surface area (Å²) in [7, 11) is 1.15.